The van der Waals surface area contributed by atoms with E-state index in [2.05, 4.69) is 15.3 Å². The Balaban J connectivity index is 2.27. The Morgan fingerprint density at radius 1 is 1.59 bits per heavy atom. The van der Waals surface area contributed by atoms with Crippen LogP contribution in [-0.2, 0) is 0 Å². The number of aromatic nitrogens is 3. The predicted molar refractivity (Wildman–Crippen MR) is 69.5 cm³/mol. The molecule has 5 nitrogen and oxygen atoms in total. The van der Waals surface area contributed by atoms with Crippen molar-refractivity contribution in [3.63, 3.8) is 0 Å². The molecule has 2 N–H and O–H groups in total. The topological polar surface area (TPSA) is 62.5 Å². The molecule has 0 aliphatic rings. The minimum atomic E-state index is 0.198. The number of aliphatic hydroxyl groups is 1. The van der Waals surface area contributed by atoms with Crippen molar-refractivity contribution in [1.29, 1.82) is 0 Å². The van der Waals surface area contributed by atoms with Crippen LogP contribution in [0.1, 0.15) is 6.92 Å². The summed E-state index contributed by atoms with van der Waals surface area (Å²) in [5.74, 6) is 1.91. The molecule has 0 saturated carbocycles. The maximum Gasteiger partial charge on any atom is 0.169 e. The first-order valence-corrected chi connectivity index (χ1v) is 6.48. The van der Waals surface area contributed by atoms with Crippen molar-refractivity contribution in [2.75, 3.05) is 24.7 Å². The first-order valence-electron chi connectivity index (χ1n) is 5.49. The van der Waals surface area contributed by atoms with Gasteiger partial charge in [0, 0.05) is 31.8 Å². The van der Waals surface area contributed by atoms with Crippen molar-refractivity contribution >= 4 is 23.2 Å². The van der Waals surface area contributed by atoms with Gasteiger partial charge < -0.3 is 14.8 Å². The van der Waals surface area contributed by atoms with Crippen molar-refractivity contribution in [2.24, 2.45) is 5.92 Å². The lowest BCUT2D eigenvalue weighted by molar-refractivity contribution is 0.250. The van der Waals surface area contributed by atoms with E-state index < -0.39 is 0 Å². The zero-order valence-electron chi connectivity index (χ0n) is 9.92. The van der Waals surface area contributed by atoms with Gasteiger partial charge in [0.1, 0.15) is 10.8 Å². The van der Waals surface area contributed by atoms with E-state index in [1.165, 1.54) is 0 Å². The molecule has 2 aromatic rings. The highest BCUT2D eigenvalue weighted by molar-refractivity contribution is 7.99. The number of rotatable bonds is 5. The highest BCUT2D eigenvalue weighted by Crippen LogP contribution is 2.24. The number of anilines is 1. The molecule has 0 aromatic carbocycles. The number of fused-ring (bicyclic) bond motifs is 1. The van der Waals surface area contributed by atoms with Crippen molar-refractivity contribution in [3.05, 3.63) is 18.6 Å². The van der Waals surface area contributed by atoms with E-state index in [0.717, 1.165) is 22.2 Å². The lowest BCUT2D eigenvalue weighted by Crippen LogP contribution is -2.05. The van der Waals surface area contributed by atoms with Gasteiger partial charge in [-0.15, -0.1) is 11.8 Å². The van der Waals surface area contributed by atoms with Gasteiger partial charge in [0.25, 0.3) is 0 Å². The van der Waals surface area contributed by atoms with Gasteiger partial charge in [-0.3, -0.25) is 0 Å². The van der Waals surface area contributed by atoms with Gasteiger partial charge in [-0.05, 0) is 5.92 Å². The Morgan fingerprint density at radius 3 is 3.12 bits per heavy atom. The Bertz CT molecular complexity index is 499. The van der Waals surface area contributed by atoms with E-state index in [1.807, 2.05) is 30.8 Å². The van der Waals surface area contributed by atoms with Gasteiger partial charge in [-0.1, -0.05) is 6.92 Å². The summed E-state index contributed by atoms with van der Waals surface area (Å²) in [4.78, 5) is 8.77. The molecule has 0 aliphatic heterocycles. The van der Waals surface area contributed by atoms with Gasteiger partial charge >= 0.3 is 0 Å². The third-order valence-corrected chi connectivity index (χ3v) is 3.70. The van der Waals surface area contributed by atoms with E-state index >= 15 is 0 Å². The van der Waals surface area contributed by atoms with Crippen molar-refractivity contribution in [3.8, 4) is 0 Å². The van der Waals surface area contributed by atoms with Gasteiger partial charge in [-0.2, -0.15) is 0 Å². The SMILES string of the molecule is CNc1cn2ccnc2c(SCC(C)CO)n1. The van der Waals surface area contributed by atoms with Crippen LogP contribution in [0.4, 0.5) is 5.82 Å². The molecule has 2 rings (SSSR count). The maximum absolute atomic E-state index is 9.02. The largest absolute Gasteiger partial charge is 0.396 e. The average Bonchev–Trinajstić information content (AvgIpc) is 2.83. The summed E-state index contributed by atoms with van der Waals surface area (Å²) in [7, 11) is 1.84. The van der Waals surface area contributed by atoms with Gasteiger partial charge in [0.05, 0.1) is 6.20 Å². The van der Waals surface area contributed by atoms with Crippen LogP contribution in [-0.4, -0.2) is 38.9 Å². The fourth-order valence-corrected chi connectivity index (χ4v) is 2.39. The van der Waals surface area contributed by atoms with Crippen LogP contribution in [0.25, 0.3) is 5.65 Å². The Morgan fingerprint density at radius 2 is 2.41 bits per heavy atom. The molecule has 6 heteroatoms. The first kappa shape index (κ1) is 12.2. The highest BCUT2D eigenvalue weighted by Gasteiger charge is 2.09. The Kier molecular flexibility index (Phi) is 3.86. The van der Waals surface area contributed by atoms with E-state index in [4.69, 9.17) is 5.11 Å². The summed E-state index contributed by atoms with van der Waals surface area (Å²) >= 11 is 1.62. The molecule has 0 radical (unpaired) electrons. The number of thioether (sulfide) groups is 1. The zero-order chi connectivity index (χ0) is 12.3. The molecule has 0 bridgehead atoms. The van der Waals surface area contributed by atoms with E-state index in [1.54, 1.807) is 18.0 Å². The molecule has 92 valence electrons. The quantitative estimate of drug-likeness (QED) is 0.789. The second-order valence-corrected chi connectivity index (χ2v) is 4.95. The summed E-state index contributed by atoms with van der Waals surface area (Å²) in [6.45, 7) is 2.21. The van der Waals surface area contributed by atoms with Crippen LogP contribution in [0.2, 0.25) is 0 Å². The first-order chi connectivity index (χ1) is 8.24. The summed E-state index contributed by atoms with van der Waals surface area (Å²) in [6, 6.07) is 0. The lowest BCUT2D eigenvalue weighted by Gasteiger charge is -2.09. The molecule has 1 unspecified atom stereocenters. The molecular weight excluding hydrogens is 236 g/mol. The van der Waals surface area contributed by atoms with Crippen LogP contribution < -0.4 is 5.32 Å². The Hall–Kier alpha value is -1.27. The highest BCUT2D eigenvalue weighted by atomic mass is 32.2. The summed E-state index contributed by atoms with van der Waals surface area (Å²) in [6.07, 6.45) is 5.56. The van der Waals surface area contributed by atoms with Crippen LogP contribution in [0.3, 0.4) is 0 Å². The van der Waals surface area contributed by atoms with Crippen LogP contribution in [0, 0.1) is 5.92 Å². The number of hydrogen-bond acceptors (Lipinski definition) is 5. The third-order valence-electron chi connectivity index (χ3n) is 2.42. The van der Waals surface area contributed by atoms with E-state index in [0.29, 0.717) is 0 Å². The van der Waals surface area contributed by atoms with Gasteiger partial charge in [0.2, 0.25) is 0 Å². The molecule has 2 heterocycles. The number of aliphatic hydroxyl groups excluding tert-OH is 1. The molecular formula is C11H16N4OS. The predicted octanol–water partition coefficient (Wildman–Crippen LogP) is 1.49. The number of hydrogen-bond donors (Lipinski definition) is 2. The second-order valence-electron chi connectivity index (χ2n) is 3.94. The minimum Gasteiger partial charge on any atom is -0.396 e. The number of imidazole rings is 1. The Labute approximate surface area is 104 Å². The zero-order valence-corrected chi connectivity index (χ0v) is 10.7. The van der Waals surface area contributed by atoms with Gasteiger partial charge in [-0.25, -0.2) is 9.97 Å². The summed E-state index contributed by atoms with van der Waals surface area (Å²) in [5.41, 5.74) is 0.860. The standard InChI is InChI=1S/C11H16N4OS/c1-8(6-16)7-17-11-10-13-3-4-15(10)5-9(12-2)14-11/h3-5,8,12,16H,6-7H2,1-2H3. The smallest absolute Gasteiger partial charge is 0.169 e. The fraction of sp³-hybridized carbons (Fsp3) is 0.455. The minimum absolute atomic E-state index is 0.198. The van der Waals surface area contributed by atoms with Crippen molar-refractivity contribution in [2.45, 2.75) is 11.9 Å². The van der Waals surface area contributed by atoms with Crippen LogP contribution in [0.5, 0.6) is 0 Å². The molecule has 1 atom stereocenters. The molecule has 0 spiro atoms. The van der Waals surface area contributed by atoms with Crippen LogP contribution >= 0.6 is 11.8 Å². The molecule has 0 saturated heterocycles. The summed E-state index contributed by atoms with van der Waals surface area (Å²) in [5, 5.41) is 12.9. The molecule has 17 heavy (non-hydrogen) atoms. The van der Waals surface area contributed by atoms with Crippen molar-refractivity contribution < 1.29 is 5.11 Å². The summed E-state index contributed by atoms with van der Waals surface area (Å²) < 4.78 is 1.95. The molecule has 2 aromatic heterocycles. The molecule has 0 fully saturated rings. The van der Waals surface area contributed by atoms with Gasteiger partial charge in [0.15, 0.2) is 5.65 Å². The number of nitrogens with zero attached hydrogens (tertiary/aromatic N) is 3. The van der Waals surface area contributed by atoms with Crippen LogP contribution in [0.15, 0.2) is 23.6 Å². The third kappa shape index (κ3) is 2.70. The van der Waals surface area contributed by atoms with Crippen molar-refractivity contribution in [1.82, 2.24) is 14.4 Å². The lowest BCUT2D eigenvalue weighted by atomic mass is 10.2. The fourth-order valence-electron chi connectivity index (χ4n) is 1.39. The number of nitrogens with one attached hydrogen (secondary N) is 1. The molecule has 0 aliphatic carbocycles. The second kappa shape index (κ2) is 5.37. The molecule has 0 amide bonds. The van der Waals surface area contributed by atoms with E-state index in [9.17, 15) is 0 Å². The monoisotopic (exact) mass is 252 g/mol. The average molecular weight is 252 g/mol. The maximum atomic E-state index is 9.02. The normalized spacial score (nSPS) is 12.9. The van der Waals surface area contributed by atoms with E-state index in [-0.39, 0.29) is 12.5 Å².